The highest BCUT2D eigenvalue weighted by atomic mass is 16.4. The van der Waals surface area contributed by atoms with Crippen LogP contribution in [0.1, 0.15) is 54.8 Å². The van der Waals surface area contributed by atoms with Gasteiger partial charge in [-0.1, -0.05) is 0 Å². The van der Waals surface area contributed by atoms with E-state index in [0.29, 0.717) is 5.92 Å². The molecule has 0 radical (unpaired) electrons. The van der Waals surface area contributed by atoms with Crippen LogP contribution in [0.5, 0.6) is 0 Å². The molecule has 5 rings (SSSR count). The molecule has 0 saturated carbocycles. The molecular weight excluding hydrogens is 354 g/mol. The average molecular weight is 381 g/mol. The zero-order chi connectivity index (χ0) is 19.1. The molecule has 0 unspecified atom stereocenters. The summed E-state index contributed by atoms with van der Waals surface area (Å²) in [5, 5.41) is 13.5. The lowest BCUT2D eigenvalue weighted by atomic mass is 9.96. The highest BCUT2D eigenvalue weighted by Crippen LogP contribution is 2.29. The fourth-order valence-corrected chi connectivity index (χ4v) is 4.30. The maximum absolute atomic E-state index is 6.01. The number of oxazole rings is 1. The molecule has 0 amide bonds. The first kappa shape index (κ1) is 17.6. The van der Waals surface area contributed by atoms with E-state index in [0.717, 1.165) is 74.3 Å². The Morgan fingerprint density at radius 2 is 1.93 bits per heavy atom. The summed E-state index contributed by atoms with van der Waals surface area (Å²) >= 11 is 0. The zero-order valence-corrected chi connectivity index (χ0v) is 16.6. The summed E-state index contributed by atoms with van der Waals surface area (Å²) in [4.78, 5) is 9.17. The third-order valence-corrected chi connectivity index (χ3v) is 5.93. The van der Waals surface area contributed by atoms with Crippen LogP contribution in [0.4, 0.5) is 5.82 Å². The Kier molecular flexibility index (Phi) is 4.50. The van der Waals surface area contributed by atoms with E-state index >= 15 is 0 Å². The van der Waals surface area contributed by atoms with Gasteiger partial charge in [0.05, 0.1) is 12.2 Å². The minimum atomic E-state index is 0.383. The predicted octanol–water partition coefficient (Wildman–Crippen LogP) is 2.44. The van der Waals surface area contributed by atoms with E-state index in [1.54, 1.807) is 0 Å². The van der Waals surface area contributed by atoms with E-state index in [1.807, 2.05) is 35.6 Å². The van der Waals surface area contributed by atoms with E-state index in [-0.39, 0.29) is 0 Å². The molecule has 1 aliphatic heterocycles. The minimum absolute atomic E-state index is 0.383. The number of hydrogen-bond donors (Lipinski definition) is 0. The third kappa shape index (κ3) is 3.26. The molecule has 0 spiro atoms. The van der Waals surface area contributed by atoms with E-state index < -0.39 is 0 Å². The molecule has 0 N–H and O–H groups in total. The summed E-state index contributed by atoms with van der Waals surface area (Å²) < 4.78 is 7.92. The molecule has 3 aromatic rings. The molecule has 0 aromatic carbocycles. The number of aryl methyl sites for hydroxylation is 2. The fraction of sp³-hybridized carbons (Fsp3) is 0.600. The molecule has 28 heavy (non-hydrogen) atoms. The smallest absolute Gasteiger partial charge is 0.208 e. The second-order valence-corrected chi connectivity index (χ2v) is 8.15. The standard InChI is InChI=1S/C20H27N7O/c1-25(2)18-8-7-17-22-23-20(27(17)24-18)14-9-11-26(12-10-14)13-19-21-15-5-3-4-6-16(15)28-19/h7-8,14H,3-6,9-13H2,1-2H3. The number of piperidine rings is 1. The number of fused-ring (bicyclic) bond motifs is 2. The van der Waals surface area contributed by atoms with Crippen LogP contribution in [0, 0.1) is 0 Å². The second-order valence-electron chi connectivity index (χ2n) is 8.15. The summed E-state index contributed by atoms with van der Waals surface area (Å²) in [6.07, 6.45) is 6.68. The monoisotopic (exact) mass is 381 g/mol. The second kappa shape index (κ2) is 7.16. The summed E-state index contributed by atoms with van der Waals surface area (Å²) in [5.74, 6) is 4.28. The van der Waals surface area contributed by atoms with Crippen molar-refractivity contribution >= 4 is 11.5 Å². The molecule has 148 valence electrons. The molecule has 1 fully saturated rings. The molecule has 0 bridgehead atoms. The largest absolute Gasteiger partial charge is 0.444 e. The molecule has 4 heterocycles. The number of anilines is 1. The van der Waals surface area contributed by atoms with Gasteiger partial charge in [-0.2, -0.15) is 4.52 Å². The Balaban J connectivity index is 1.26. The van der Waals surface area contributed by atoms with Crippen molar-refractivity contribution in [3.63, 3.8) is 0 Å². The van der Waals surface area contributed by atoms with Crippen molar-refractivity contribution in [2.75, 3.05) is 32.1 Å². The fourth-order valence-electron chi connectivity index (χ4n) is 4.30. The minimum Gasteiger partial charge on any atom is -0.444 e. The van der Waals surface area contributed by atoms with Gasteiger partial charge in [0.1, 0.15) is 11.6 Å². The lowest BCUT2D eigenvalue weighted by Gasteiger charge is -2.30. The van der Waals surface area contributed by atoms with Crippen molar-refractivity contribution in [2.24, 2.45) is 0 Å². The van der Waals surface area contributed by atoms with Gasteiger partial charge in [0.2, 0.25) is 5.89 Å². The van der Waals surface area contributed by atoms with E-state index in [1.165, 1.54) is 18.5 Å². The Bertz CT molecular complexity index is 945. The summed E-state index contributed by atoms with van der Waals surface area (Å²) in [7, 11) is 3.99. The van der Waals surface area contributed by atoms with Crippen LogP contribution in [0.25, 0.3) is 5.65 Å². The van der Waals surface area contributed by atoms with Crippen LogP contribution < -0.4 is 4.90 Å². The lowest BCUT2D eigenvalue weighted by Crippen LogP contribution is -2.33. The van der Waals surface area contributed by atoms with Crippen LogP contribution >= 0.6 is 0 Å². The summed E-state index contributed by atoms with van der Waals surface area (Å²) in [6, 6.07) is 3.96. The van der Waals surface area contributed by atoms with Crippen molar-refractivity contribution in [1.29, 1.82) is 0 Å². The highest BCUT2D eigenvalue weighted by Gasteiger charge is 2.26. The zero-order valence-electron chi connectivity index (χ0n) is 16.6. The van der Waals surface area contributed by atoms with Gasteiger partial charge in [-0.05, 0) is 57.3 Å². The number of likely N-dealkylation sites (tertiary alicyclic amines) is 1. The number of hydrogen-bond acceptors (Lipinski definition) is 7. The Hall–Kier alpha value is -2.48. The van der Waals surface area contributed by atoms with E-state index in [9.17, 15) is 0 Å². The van der Waals surface area contributed by atoms with Gasteiger partial charge in [-0.15, -0.1) is 15.3 Å². The Morgan fingerprint density at radius 1 is 1.11 bits per heavy atom. The van der Waals surface area contributed by atoms with Gasteiger partial charge in [-0.25, -0.2) is 4.98 Å². The van der Waals surface area contributed by atoms with Crippen molar-refractivity contribution in [3.05, 3.63) is 35.3 Å². The van der Waals surface area contributed by atoms with E-state index in [4.69, 9.17) is 14.5 Å². The first-order chi connectivity index (χ1) is 13.7. The molecule has 0 atom stereocenters. The van der Waals surface area contributed by atoms with Gasteiger partial charge < -0.3 is 9.32 Å². The molecule has 8 heteroatoms. The third-order valence-electron chi connectivity index (χ3n) is 5.93. The van der Waals surface area contributed by atoms with E-state index in [2.05, 4.69) is 15.1 Å². The van der Waals surface area contributed by atoms with Gasteiger partial charge in [0, 0.05) is 26.4 Å². The topological polar surface area (TPSA) is 75.6 Å². The van der Waals surface area contributed by atoms with Crippen molar-refractivity contribution in [1.82, 2.24) is 29.7 Å². The molecule has 1 aliphatic carbocycles. The number of nitrogens with zero attached hydrogens (tertiary/aromatic N) is 7. The lowest BCUT2D eigenvalue weighted by molar-refractivity contribution is 0.183. The van der Waals surface area contributed by atoms with Gasteiger partial charge in [-0.3, -0.25) is 4.90 Å². The molecule has 3 aromatic heterocycles. The number of aromatic nitrogens is 5. The predicted molar refractivity (Wildman–Crippen MR) is 106 cm³/mol. The average Bonchev–Trinajstić information content (AvgIpc) is 3.31. The summed E-state index contributed by atoms with van der Waals surface area (Å²) in [6.45, 7) is 2.84. The van der Waals surface area contributed by atoms with Gasteiger partial charge >= 0.3 is 0 Å². The maximum Gasteiger partial charge on any atom is 0.208 e. The first-order valence-electron chi connectivity index (χ1n) is 10.3. The van der Waals surface area contributed by atoms with Crippen LogP contribution in [-0.4, -0.2) is 56.9 Å². The van der Waals surface area contributed by atoms with Gasteiger partial charge in [0.15, 0.2) is 11.5 Å². The van der Waals surface area contributed by atoms with Crippen molar-refractivity contribution in [2.45, 2.75) is 51.0 Å². The maximum atomic E-state index is 6.01. The van der Waals surface area contributed by atoms with Crippen LogP contribution in [0.2, 0.25) is 0 Å². The number of rotatable bonds is 4. The summed E-state index contributed by atoms with van der Waals surface area (Å²) in [5.41, 5.74) is 2.00. The van der Waals surface area contributed by atoms with Crippen molar-refractivity contribution < 1.29 is 4.42 Å². The van der Waals surface area contributed by atoms with Crippen molar-refractivity contribution in [3.8, 4) is 0 Å². The Morgan fingerprint density at radius 3 is 2.71 bits per heavy atom. The highest BCUT2D eigenvalue weighted by molar-refractivity contribution is 5.45. The normalized spacial score (nSPS) is 18.5. The SMILES string of the molecule is CN(C)c1ccc2nnc(C3CCN(Cc4nc5c(o4)CCCC5)CC3)n2n1. The van der Waals surface area contributed by atoms with Crippen LogP contribution in [0.3, 0.4) is 0 Å². The molecular formula is C20H27N7O. The van der Waals surface area contributed by atoms with Gasteiger partial charge in [0.25, 0.3) is 0 Å². The first-order valence-corrected chi connectivity index (χ1v) is 10.3. The molecule has 8 nitrogen and oxygen atoms in total. The van der Waals surface area contributed by atoms with Crippen LogP contribution in [0.15, 0.2) is 16.5 Å². The Labute approximate surface area is 164 Å². The molecule has 1 saturated heterocycles. The molecule has 2 aliphatic rings. The van der Waals surface area contributed by atoms with Crippen LogP contribution in [-0.2, 0) is 19.4 Å². The quantitative estimate of drug-likeness (QED) is 0.687.